The lowest BCUT2D eigenvalue weighted by atomic mass is 9.87. The first-order chi connectivity index (χ1) is 14.5. The quantitative estimate of drug-likeness (QED) is 0.536. The molecule has 1 saturated heterocycles. The van der Waals surface area contributed by atoms with Crippen LogP contribution in [0.2, 0.25) is 0 Å². The third-order valence-electron chi connectivity index (χ3n) is 6.25. The van der Waals surface area contributed by atoms with Crippen molar-refractivity contribution in [1.82, 2.24) is 15.6 Å². The van der Waals surface area contributed by atoms with Gasteiger partial charge in [0.15, 0.2) is 0 Å². The Morgan fingerprint density at radius 2 is 2.06 bits per heavy atom. The molecule has 1 amide bonds. The van der Waals surface area contributed by atoms with Gasteiger partial charge in [0.05, 0.1) is 0 Å². The number of nitrogens with one attached hydrogen (secondary N) is 2. The van der Waals surface area contributed by atoms with E-state index in [9.17, 15) is 22.8 Å². The summed E-state index contributed by atoms with van der Waals surface area (Å²) >= 11 is 0. The molecule has 0 radical (unpaired) electrons. The lowest BCUT2D eigenvalue weighted by Crippen LogP contribution is -2.48. The molecule has 0 aromatic carbocycles. The summed E-state index contributed by atoms with van der Waals surface area (Å²) < 4.78 is 39.0. The van der Waals surface area contributed by atoms with Gasteiger partial charge in [0, 0.05) is 37.1 Å². The molecule has 7 nitrogen and oxygen atoms in total. The molecular weight excluding hydrogens is 413 g/mol. The molecule has 4 unspecified atom stereocenters. The summed E-state index contributed by atoms with van der Waals surface area (Å²) in [5.41, 5.74) is -1.54. The highest BCUT2D eigenvalue weighted by molar-refractivity contribution is 5.65. The van der Waals surface area contributed by atoms with E-state index >= 15 is 0 Å². The first-order valence-corrected chi connectivity index (χ1v) is 10.5. The van der Waals surface area contributed by atoms with Crippen LogP contribution >= 0.6 is 0 Å². The number of carbonyl (C=O) groups excluding carboxylic acids is 1. The molecule has 31 heavy (non-hydrogen) atoms. The van der Waals surface area contributed by atoms with E-state index in [0.717, 1.165) is 25.2 Å². The number of carbonyl (C=O) groups is 2. The molecule has 2 fully saturated rings. The Morgan fingerprint density at radius 3 is 2.71 bits per heavy atom. The van der Waals surface area contributed by atoms with Gasteiger partial charge in [-0.3, -0.25) is 0 Å². The zero-order chi connectivity index (χ0) is 22.8. The predicted octanol–water partition coefficient (Wildman–Crippen LogP) is 3.16. The molecule has 1 aromatic rings. The standard InChI is InChI=1S/C21H29F3N4O3/c1-20(2,12-29)8-14(26-19(30)31)9-25-16-7-6-13-10-28(11-15(13)16)18-5-3-4-17(27-18)21(22,23)24/h3-5,12-16,25-26H,6-11H2,1-2H3,(H,30,31). The number of hydrogen-bond acceptors (Lipinski definition) is 5. The smallest absolute Gasteiger partial charge is 0.433 e. The SMILES string of the molecule is CC(C)(C=O)CC(CNC1CCC2CN(c3cccc(C(F)(F)F)n3)CC21)NC(=O)O. The Morgan fingerprint density at radius 1 is 1.32 bits per heavy atom. The molecule has 1 aliphatic heterocycles. The maximum atomic E-state index is 13.0. The van der Waals surface area contributed by atoms with E-state index in [-0.39, 0.29) is 12.0 Å². The Labute approximate surface area is 179 Å². The molecule has 3 rings (SSSR count). The second-order valence-corrected chi connectivity index (χ2v) is 9.26. The van der Waals surface area contributed by atoms with Crippen molar-refractivity contribution < 1.29 is 27.9 Å². The van der Waals surface area contributed by atoms with E-state index in [4.69, 9.17) is 5.11 Å². The first kappa shape index (κ1) is 23.3. The summed E-state index contributed by atoms with van der Waals surface area (Å²) in [6, 6.07) is 3.68. The number of pyridine rings is 1. The maximum Gasteiger partial charge on any atom is 0.433 e. The van der Waals surface area contributed by atoms with Crippen molar-refractivity contribution in [3.8, 4) is 0 Å². The van der Waals surface area contributed by atoms with Gasteiger partial charge in [-0.2, -0.15) is 13.2 Å². The van der Waals surface area contributed by atoms with Crippen molar-refractivity contribution in [2.24, 2.45) is 17.3 Å². The molecule has 10 heteroatoms. The average Bonchev–Trinajstić information content (AvgIpc) is 3.26. The largest absolute Gasteiger partial charge is 0.465 e. The zero-order valence-electron chi connectivity index (χ0n) is 17.7. The lowest BCUT2D eigenvalue weighted by Gasteiger charge is -2.28. The second-order valence-electron chi connectivity index (χ2n) is 9.26. The number of amides is 1. The van der Waals surface area contributed by atoms with Crippen molar-refractivity contribution in [2.75, 3.05) is 24.5 Å². The van der Waals surface area contributed by atoms with Crippen molar-refractivity contribution >= 4 is 18.2 Å². The minimum atomic E-state index is -4.48. The number of hydrogen-bond donors (Lipinski definition) is 3. The molecule has 4 atom stereocenters. The van der Waals surface area contributed by atoms with Crippen LogP contribution in [-0.2, 0) is 11.0 Å². The number of aromatic nitrogens is 1. The minimum Gasteiger partial charge on any atom is -0.465 e. The van der Waals surface area contributed by atoms with Crippen molar-refractivity contribution in [3.63, 3.8) is 0 Å². The summed E-state index contributed by atoms with van der Waals surface area (Å²) in [5.74, 6) is 0.938. The van der Waals surface area contributed by atoms with Gasteiger partial charge in [-0.05, 0) is 43.2 Å². The van der Waals surface area contributed by atoms with Crippen molar-refractivity contribution in [1.29, 1.82) is 0 Å². The fraction of sp³-hybridized carbons (Fsp3) is 0.667. The third kappa shape index (κ3) is 5.87. The molecule has 172 valence electrons. The Bertz CT molecular complexity index is 802. The van der Waals surface area contributed by atoms with Crippen LogP contribution in [0.5, 0.6) is 0 Å². The number of halogens is 3. The number of carboxylic acid groups (broad SMARTS) is 1. The van der Waals surface area contributed by atoms with Crippen molar-refractivity contribution in [2.45, 2.75) is 51.4 Å². The highest BCUT2D eigenvalue weighted by atomic mass is 19.4. The van der Waals surface area contributed by atoms with Crippen molar-refractivity contribution in [3.05, 3.63) is 23.9 Å². The van der Waals surface area contributed by atoms with Crippen LogP contribution in [0.4, 0.5) is 23.8 Å². The van der Waals surface area contributed by atoms with E-state index in [2.05, 4.69) is 15.6 Å². The van der Waals surface area contributed by atoms with Crippen LogP contribution in [0.25, 0.3) is 0 Å². The molecule has 0 bridgehead atoms. The molecular formula is C21H29F3N4O3. The first-order valence-electron chi connectivity index (χ1n) is 10.5. The highest BCUT2D eigenvalue weighted by Gasteiger charge is 2.43. The van der Waals surface area contributed by atoms with Gasteiger partial charge in [0.2, 0.25) is 0 Å². The van der Waals surface area contributed by atoms with Gasteiger partial charge in [0.1, 0.15) is 17.8 Å². The predicted molar refractivity (Wildman–Crippen MR) is 109 cm³/mol. The van der Waals surface area contributed by atoms with E-state index in [1.54, 1.807) is 19.9 Å². The normalized spacial score (nSPS) is 24.7. The van der Waals surface area contributed by atoms with Crippen LogP contribution in [0.3, 0.4) is 0 Å². The zero-order valence-corrected chi connectivity index (χ0v) is 17.7. The number of rotatable bonds is 8. The fourth-order valence-electron chi connectivity index (χ4n) is 4.79. The average molecular weight is 442 g/mol. The number of alkyl halides is 3. The number of anilines is 1. The molecule has 2 aliphatic rings. The summed E-state index contributed by atoms with van der Waals surface area (Å²) in [4.78, 5) is 28.1. The van der Waals surface area contributed by atoms with Crippen LogP contribution in [0, 0.1) is 17.3 Å². The summed E-state index contributed by atoms with van der Waals surface area (Å²) in [7, 11) is 0. The van der Waals surface area contributed by atoms with Gasteiger partial charge in [-0.25, -0.2) is 9.78 Å². The monoisotopic (exact) mass is 442 g/mol. The molecule has 1 saturated carbocycles. The van der Waals surface area contributed by atoms with Gasteiger partial charge >= 0.3 is 12.3 Å². The molecule has 0 spiro atoms. The Balaban J connectivity index is 1.62. The van der Waals surface area contributed by atoms with Gasteiger partial charge in [-0.1, -0.05) is 19.9 Å². The van der Waals surface area contributed by atoms with Crippen LogP contribution in [-0.4, -0.2) is 54.2 Å². The lowest BCUT2D eigenvalue weighted by molar-refractivity contribution is -0.141. The summed E-state index contributed by atoms with van der Waals surface area (Å²) in [6.07, 6.45) is -2.54. The molecule has 2 heterocycles. The summed E-state index contributed by atoms with van der Waals surface area (Å²) in [5, 5.41) is 15.0. The van der Waals surface area contributed by atoms with E-state index < -0.39 is 29.4 Å². The summed E-state index contributed by atoms with van der Waals surface area (Å²) in [6.45, 7) is 5.18. The fourth-order valence-corrected chi connectivity index (χ4v) is 4.79. The number of aldehydes is 1. The number of nitrogens with zero attached hydrogens (tertiary/aromatic N) is 2. The van der Waals surface area contributed by atoms with E-state index in [1.165, 1.54) is 6.07 Å². The van der Waals surface area contributed by atoms with E-state index in [1.807, 2.05) is 4.90 Å². The van der Waals surface area contributed by atoms with Gasteiger partial charge in [-0.15, -0.1) is 0 Å². The topological polar surface area (TPSA) is 94.6 Å². The second kappa shape index (κ2) is 9.02. The molecule has 1 aromatic heterocycles. The van der Waals surface area contributed by atoms with Gasteiger partial charge in [0.25, 0.3) is 0 Å². The van der Waals surface area contributed by atoms with Crippen LogP contribution < -0.4 is 15.5 Å². The minimum absolute atomic E-state index is 0.137. The van der Waals surface area contributed by atoms with Crippen LogP contribution in [0.15, 0.2) is 18.2 Å². The maximum absolute atomic E-state index is 13.0. The number of fused-ring (bicyclic) bond motifs is 1. The molecule has 3 N–H and O–H groups in total. The Kier molecular flexibility index (Phi) is 6.78. The molecule has 1 aliphatic carbocycles. The third-order valence-corrected chi connectivity index (χ3v) is 6.25. The van der Waals surface area contributed by atoms with E-state index in [0.29, 0.717) is 37.8 Å². The highest BCUT2D eigenvalue weighted by Crippen LogP contribution is 2.40. The van der Waals surface area contributed by atoms with Crippen LogP contribution in [0.1, 0.15) is 38.8 Å². The van der Waals surface area contributed by atoms with Gasteiger partial charge < -0.3 is 25.4 Å². The Hall–Kier alpha value is -2.36.